The number of hydrogen-bond acceptors (Lipinski definition) is 5. The Kier molecular flexibility index (Phi) is 5.10. The summed E-state index contributed by atoms with van der Waals surface area (Å²) in [6, 6.07) is 11.6. The number of carbonyl (C=O) groups excluding carboxylic acids is 1. The lowest BCUT2D eigenvalue weighted by molar-refractivity contribution is -1.02. The van der Waals surface area contributed by atoms with Gasteiger partial charge >= 0.3 is 0 Å². The molecule has 3 N–H and O–H groups in total. The summed E-state index contributed by atoms with van der Waals surface area (Å²) in [7, 11) is 0. The minimum atomic E-state index is -0.109. The average Bonchev–Trinajstić information content (AvgIpc) is 3.42. The van der Waals surface area contributed by atoms with E-state index in [1.165, 1.54) is 15.4 Å². The second-order valence-electron chi connectivity index (χ2n) is 8.05. The second kappa shape index (κ2) is 8.04. The number of anilines is 1. The number of amides is 1. The first-order chi connectivity index (χ1) is 14.7. The van der Waals surface area contributed by atoms with E-state index in [0.717, 1.165) is 49.9 Å². The Bertz CT molecular complexity index is 942. The molecule has 3 aliphatic rings. The van der Waals surface area contributed by atoms with Gasteiger partial charge in [0.05, 0.1) is 0 Å². The van der Waals surface area contributed by atoms with Crippen molar-refractivity contribution in [3.05, 3.63) is 42.0 Å². The van der Waals surface area contributed by atoms with E-state index in [9.17, 15) is 4.79 Å². The molecule has 0 unspecified atom stereocenters. The Morgan fingerprint density at radius 1 is 0.900 bits per heavy atom. The average molecular weight is 413 g/mol. The SMILES string of the molecule is C[C@H](C(=O)Nc1ccc2c(c1)OCO2)[NH+]1CC[NH+](Cc2ccc3c(c2)OCO3)CC1. The molecule has 2 aromatic carbocycles. The smallest absolute Gasteiger partial charge is 0.282 e. The second-order valence-corrected chi connectivity index (χ2v) is 8.05. The lowest BCUT2D eigenvalue weighted by Gasteiger charge is -2.32. The molecule has 1 atom stereocenters. The quantitative estimate of drug-likeness (QED) is 0.614. The molecule has 5 rings (SSSR count). The molecule has 0 bridgehead atoms. The highest BCUT2D eigenvalue weighted by Crippen LogP contribution is 2.34. The van der Waals surface area contributed by atoms with E-state index in [1.54, 1.807) is 0 Å². The van der Waals surface area contributed by atoms with E-state index in [0.29, 0.717) is 18.3 Å². The van der Waals surface area contributed by atoms with Crippen LogP contribution in [0.3, 0.4) is 0 Å². The van der Waals surface area contributed by atoms with Crippen LogP contribution in [0.2, 0.25) is 0 Å². The molecule has 0 radical (unpaired) electrons. The van der Waals surface area contributed by atoms with E-state index in [-0.39, 0.29) is 18.7 Å². The third-order valence-electron chi connectivity index (χ3n) is 6.14. The highest BCUT2D eigenvalue weighted by molar-refractivity contribution is 5.94. The van der Waals surface area contributed by atoms with Crippen LogP contribution < -0.4 is 34.1 Å². The molecule has 0 spiro atoms. The van der Waals surface area contributed by atoms with Crippen LogP contribution in [0.15, 0.2) is 36.4 Å². The molecule has 2 aromatic rings. The molecule has 30 heavy (non-hydrogen) atoms. The van der Waals surface area contributed by atoms with E-state index in [2.05, 4.69) is 17.4 Å². The van der Waals surface area contributed by atoms with Crippen LogP contribution in [-0.4, -0.2) is 51.7 Å². The molecule has 158 valence electrons. The molecule has 8 heteroatoms. The normalized spacial score (nSPS) is 22.6. The first-order valence-electron chi connectivity index (χ1n) is 10.4. The van der Waals surface area contributed by atoms with E-state index >= 15 is 0 Å². The van der Waals surface area contributed by atoms with Gasteiger partial charge in [0, 0.05) is 17.3 Å². The van der Waals surface area contributed by atoms with Crippen molar-refractivity contribution in [1.82, 2.24) is 0 Å². The van der Waals surface area contributed by atoms with Gasteiger partial charge in [0.2, 0.25) is 13.6 Å². The number of piperazine rings is 1. The zero-order valence-electron chi connectivity index (χ0n) is 17.0. The Labute approximate surface area is 175 Å². The van der Waals surface area contributed by atoms with Crippen molar-refractivity contribution in [2.24, 2.45) is 0 Å². The molecule has 1 fully saturated rings. The highest BCUT2D eigenvalue weighted by atomic mass is 16.7. The lowest BCUT2D eigenvalue weighted by Crippen LogP contribution is -3.29. The summed E-state index contributed by atoms with van der Waals surface area (Å²) in [4.78, 5) is 15.6. The number of fused-ring (bicyclic) bond motifs is 2. The van der Waals surface area contributed by atoms with Gasteiger partial charge in [-0.25, -0.2) is 0 Å². The van der Waals surface area contributed by atoms with Crippen molar-refractivity contribution in [2.75, 3.05) is 45.1 Å². The maximum atomic E-state index is 12.8. The standard InChI is InChI=1S/C22H25N3O5/c1-15(22(26)23-17-3-5-19-21(11-17)30-14-28-19)25-8-6-24(7-9-25)12-16-2-4-18-20(10-16)29-13-27-18/h2-5,10-11,15H,6-9,12-14H2,1H3,(H,23,26)/p+2/t15-/m1/s1. The fraction of sp³-hybridized carbons (Fsp3) is 0.409. The summed E-state index contributed by atoms with van der Waals surface area (Å²) < 4.78 is 21.6. The molecule has 3 aliphatic heterocycles. The van der Waals surface area contributed by atoms with Crippen LogP contribution in [0.1, 0.15) is 12.5 Å². The fourth-order valence-electron chi connectivity index (χ4n) is 4.28. The van der Waals surface area contributed by atoms with Crippen molar-refractivity contribution in [2.45, 2.75) is 19.5 Å². The minimum Gasteiger partial charge on any atom is -0.454 e. The van der Waals surface area contributed by atoms with Gasteiger partial charge in [-0.2, -0.15) is 0 Å². The van der Waals surface area contributed by atoms with Crippen LogP contribution in [0.25, 0.3) is 0 Å². The number of carbonyl (C=O) groups is 1. The van der Waals surface area contributed by atoms with Crippen LogP contribution in [0.4, 0.5) is 5.69 Å². The topological polar surface area (TPSA) is 74.9 Å². The molecule has 1 amide bonds. The summed E-state index contributed by atoms with van der Waals surface area (Å²) in [5.41, 5.74) is 1.99. The van der Waals surface area contributed by atoms with Crippen molar-refractivity contribution in [1.29, 1.82) is 0 Å². The number of quaternary nitrogens is 2. The Balaban J connectivity index is 1.13. The molecule has 3 heterocycles. The zero-order chi connectivity index (χ0) is 20.5. The van der Waals surface area contributed by atoms with Crippen molar-refractivity contribution in [3.63, 3.8) is 0 Å². The van der Waals surface area contributed by atoms with E-state index < -0.39 is 0 Å². The fourth-order valence-corrected chi connectivity index (χ4v) is 4.28. The van der Waals surface area contributed by atoms with Gasteiger partial charge < -0.3 is 34.1 Å². The number of hydrogen-bond donors (Lipinski definition) is 3. The summed E-state index contributed by atoms with van der Waals surface area (Å²) in [6.07, 6.45) is 0. The minimum absolute atomic E-state index is 0.0306. The predicted octanol–water partition coefficient (Wildman–Crippen LogP) is -0.545. The summed E-state index contributed by atoms with van der Waals surface area (Å²) in [5.74, 6) is 3.08. The monoisotopic (exact) mass is 413 g/mol. The number of ether oxygens (including phenoxy) is 4. The number of rotatable bonds is 5. The maximum absolute atomic E-state index is 12.8. The van der Waals surface area contributed by atoms with E-state index in [4.69, 9.17) is 18.9 Å². The van der Waals surface area contributed by atoms with Gasteiger partial charge in [-0.1, -0.05) is 0 Å². The zero-order valence-corrected chi connectivity index (χ0v) is 17.0. The molecular weight excluding hydrogens is 386 g/mol. The third kappa shape index (κ3) is 3.88. The maximum Gasteiger partial charge on any atom is 0.282 e. The molecule has 0 saturated carbocycles. The Hall–Kier alpha value is -2.97. The van der Waals surface area contributed by atoms with Crippen LogP contribution >= 0.6 is 0 Å². The van der Waals surface area contributed by atoms with Gasteiger partial charge in [-0.15, -0.1) is 0 Å². The first-order valence-corrected chi connectivity index (χ1v) is 10.4. The summed E-state index contributed by atoms with van der Waals surface area (Å²) in [5, 5.41) is 3.02. The molecule has 0 aliphatic carbocycles. The summed E-state index contributed by atoms with van der Waals surface area (Å²) >= 11 is 0. The van der Waals surface area contributed by atoms with Gasteiger partial charge in [0.25, 0.3) is 5.91 Å². The van der Waals surface area contributed by atoms with Crippen LogP contribution in [-0.2, 0) is 11.3 Å². The molecule has 1 saturated heterocycles. The van der Waals surface area contributed by atoms with Gasteiger partial charge in [-0.05, 0) is 37.3 Å². The predicted molar refractivity (Wildman–Crippen MR) is 108 cm³/mol. The van der Waals surface area contributed by atoms with Crippen molar-refractivity contribution < 1.29 is 33.5 Å². The Morgan fingerprint density at radius 2 is 1.53 bits per heavy atom. The Morgan fingerprint density at radius 3 is 2.27 bits per heavy atom. The number of benzene rings is 2. The summed E-state index contributed by atoms with van der Waals surface area (Å²) in [6.45, 7) is 7.50. The van der Waals surface area contributed by atoms with Gasteiger partial charge in [0.15, 0.2) is 29.0 Å². The van der Waals surface area contributed by atoms with E-state index in [1.807, 2.05) is 31.2 Å². The van der Waals surface area contributed by atoms with Gasteiger partial charge in [0.1, 0.15) is 32.7 Å². The van der Waals surface area contributed by atoms with Gasteiger partial charge in [-0.3, -0.25) is 4.79 Å². The van der Waals surface area contributed by atoms with Crippen molar-refractivity contribution >= 4 is 11.6 Å². The molecular formula is C22H27N3O5+2. The third-order valence-corrected chi connectivity index (χ3v) is 6.14. The van der Waals surface area contributed by atoms with Crippen LogP contribution in [0.5, 0.6) is 23.0 Å². The first kappa shape index (κ1) is 19.0. The van der Waals surface area contributed by atoms with Crippen LogP contribution in [0, 0.1) is 0 Å². The highest BCUT2D eigenvalue weighted by Gasteiger charge is 2.31. The number of nitrogens with one attached hydrogen (secondary N) is 3. The molecule has 0 aromatic heterocycles. The lowest BCUT2D eigenvalue weighted by atomic mass is 10.1. The molecule has 8 nitrogen and oxygen atoms in total. The largest absolute Gasteiger partial charge is 0.454 e. The van der Waals surface area contributed by atoms with Crippen molar-refractivity contribution in [3.8, 4) is 23.0 Å².